The van der Waals surface area contributed by atoms with E-state index >= 15 is 0 Å². The fraction of sp³-hybridized carbons (Fsp3) is 0.600. The van der Waals surface area contributed by atoms with Crippen molar-refractivity contribution in [2.45, 2.75) is 30.7 Å². The lowest BCUT2D eigenvalue weighted by atomic mass is 9.96. The van der Waals surface area contributed by atoms with Gasteiger partial charge >= 0.3 is 0 Å². The summed E-state index contributed by atoms with van der Waals surface area (Å²) >= 11 is 3.81. The molecule has 0 aromatic heterocycles. The van der Waals surface area contributed by atoms with E-state index in [9.17, 15) is 0 Å². The first kappa shape index (κ1) is 13.3. The molecule has 4 heteroatoms. The molecule has 0 bridgehead atoms. The summed E-state index contributed by atoms with van der Waals surface area (Å²) in [7, 11) is 0. The van der Waals surface area contributed by atoms with Crippen molar-refractivity contribution in [1.29, 1.82) is 0 Å². The topological polar surface area (TPSA) is 27.7 Å². The van der Waals surface area contributed by atoms with Gasteiger partial charge in [0, 0.05) is 17.2 Å². The van der Waals surface area contributed by atoms with Crippen molar-refractivity contribution in [3.63, 3.8) is 0 Å². The third-order valence-electron chi connectivity index (χ3n) is 3.73. The second kappa shape index (κ2) is 5.71. The monoisotopic (exact) mass is 326 g/mol. The molecular formula is C15H19BrO3. The molecule has 2 heterocycles. The number of hydrogen-bond donors (Lipinski definition) is 0. The molecule has 2 aliphatic rings. The van der Waals surface area contributed by atoms with E-state index in [4.69, 9.17) is 14.2 Å². The molecule has 1 aromatic rings. The number of ether oxygens (including phenoxy) is 3. The summed E-state index contributed by atoms with van der Waals surface area (Å²) in [5, 5.41) is 0. The van der Waals surface area contributed by atoms with E-state index in [2.05, 4.69) is 35.0 Å². The number of hydrogen-bond acceptors (Lipinski definition) is 3. The maximum atomic E-state index is 5.75. The third kappa shape index (κ3) is 2.90. The van der Waals surface area contributed by atoms with Crippen LogP contribution in [0.5, 0.6) is 11.5 Å². The van der Waals surface area contributed by atoms with Gasteiger partial charge in [0.15, 0.2) is 11.5 Å². The largest absolute Gasteiger partial charge is 0.490 e. The Kier molecular flexibility index (Phi) is 3.99. The van der Waals surface area contributed by atoms with Gasteiger partial charge in [-0.05, 0) is 31.0 Å². The van der Waals surface area contributed by atoms with Gasteiger partial charge in [0.1, 0.15) is 0 Å². The van der Waals surface area contributed by atoms with Gasteiger partial charge in [0.2, 0.25) is 0 Å². The summed E-state index contributed by atoms with van der Waals surface area (Å²) < 4.78 is 17.1. The molecule has 3 atom stereocenters. The predicted octanol–water partition coefficient (Wildman–Crippen LogP) is 3.71. The highest BCUT2D eigenvalue weighted by Crippen LogP contribution is 2.41. The zero-order valence-electron chi connectivity index (χ0n) is 11.1. The first-order chi connectivity index (χ1) is 9.24. The fourth-order valence-corrected chi connectivity index (χ4v) is 3.33. The number of benzene rings is 1. The highest BCUT2D eigenvalue weighted by Gasteiger charge is 2.29. The smallest absolute Gasteiger partial charge is 0.161 e. The Balaban J connectivity index is 1.79. The molecule has 0 N–H and O–H groups in total. The van der Waals surface area contributed by atoms with Crippen LogP contribution >= 0.6 is 15.9 Å². The molecule has 0 amide bonds. The van der Waals surface area contributed by atoms with Crippen molar-refractivity contribution >= 4 is 15.9 Å². The quantitative estimate of drug-likeness (QED) is 0.775. The van der Waals surface area contributed by atoms with Crippen molar-refractivity contribution in [2.24, 2.45) is 5.92 Å². The van der Waals surface area contributed by atoms with Gasteiger partial charge in [-0.1, -0.05) is 22.0 Å². The van der Waals surface area contributed by atoms with E-state index in [-0.39, 0.29) is 0 Å². The lowest BCUT2D eigenvalue weighted by Crippen LogP contribution is -2.08. The Bertz CT molecular complexity index is 449. The van der Waals surface area contributed by atoms with Gasteiger partial charge in [-0.3, -0.25) is 0 Å². The van der Waals surface area contributed by atoms with Crippen LogP contribution in [0.2, 0.25) is 0 Å². The molecule has 1 saturated heterocycles. The Morgan fingerprint density at radius 1 is 1.21 bits per heavy atom. The number of rotatable bonds is 2. The molecule has 104 valence electrons. The molecule has 0 spiro atoms. The van der Waals surface area contributed by atoms with Crippen molar-refractivity contribution < 1.29 is 14.2 Å². The average Bonchev–Trinajstić information content (AvgIpc) is 2.72. The summed E-state index contributed by atoms with van der Waals surface area (Å²) in [6, 6.07) is 6.24. The van der Waals surface area contributed by atoms with Crippen molar-refractivity contribution in [3.05, 3.63) is 23.8 Å². The summed E-state index contributed by atoms with van der Waals surface area (Å²) in [4.78, 5) is 0.314. The Morgan fingerprint density at radius 3 is 2.74 bits per heavy atom. The second-order valence-electron chi connectivity index (χ2n) is 5.30. The summed E-state index contributed by atoms with van der Waals surface area (Å²) in [6.45, 7) is 4.42. The van der Waals surface area contributed by atoms with E-state index in [1.807, 2.05) is 6.07 Å². The van der Waals surface area contributed by atoms with Crippen molar-refractivity contribution in [1.82, 2.24) is 0 Å². The van der Waals surface area contributed by atoms with E-state index in [0.29, 0.717) is 16.8 Å². The van der Waals surface area contributed by atoms with Crippen molar-refractivity contribution in [2.75, 3.05) is 19.8 Å². The normalized spacial score (nSPS) is 27.9. The predicted molar refractivity (Wildman–Crippen MR) is 77.2 cm³/mol. The summed E-state index contributed by atoms with van der Waals surface area (Å²) in [5.74, 6) is 2.25. The van der Waals surface area contributed by atoms with Crippen LogP contribution in [0.25, 0.3) is 0 Å². The summed E-state index contributed by atoms with van der Waals surface area (Å²) in [6.07, 6.45) is 2.41. The first-order valence-electron chi connectivity index (χ1n) is 6.89. The highest BCUT2D eigenvalue weighted by molar-refractivity contribution is 9.09. The van der Waals surface area contributed by atoms with E-state index in [1.165, 1.54) is 5.56 Å². The molecule has 3 unspecified atom stereocenters. The zero-order valence-corrected chi connectivity index (χ0v) is 12.7. The van der Waals surface area contributed by atoms with E-state index < -0.39 is 0 Å². The molecule has 0 aliphatic carbocycles. The van der Waals surface area contributed by atoms with Crippen LogP contribution in [0.15, 0.2) is 18.2 Å². The maximum Gasteiger partial charge on any atom is 0.161 e. The third-order valence-corrected chi connectivity index (χ3v) is 5.01. The molecule has 3 nitrogen and oxygen atoms in total. The van der Waals surface area contributed by atoms with E-state index in [0.717, 1.165) is 44.2 Å². The Hall–Kier alpha value is -0.740. The van der Waals surface area contributed by atoms with Gasteiger partial charge in [-0.15, -0.1) is 0 Å². The van der Waals surface area contributed by atoms with Crippen LogP contribution in [0.4, 0.5) is 0 Å². The lowest BCUT2D eigenvalue weighted by Gasteiger charge is -2.18. The molecule has 19 heavy (non-hydrogen) atoms. The standard InChI is InChI=1S/C15H19BrO3/c1-10-7-12(9-19-10)15(16)11-3-4-13-14(8-11)18-6-2-5-17-13/h3-4,8,10,12,15H,2,5-7,9H2,1H3. The number of fused-ring (bicyclic) bond motifs is 1. The number of alkyl halides is 1. The van der Waals surface area contributed by atoms with Crippen LogP contribution in [-0.2, 0) is 4.74 Å². The lowest BCUT2D eigenvalue weighted by molar-refractivity contribution is 0.120. The SMILES string of the molecule is CC1CC(C(Br)c2ccc3c(c2)OCCCO3)CO1. The Labute approximate surface area is 122 Å². The second-order valence-corrected chi connectivity index (χ2v) is 6.28. The van der Waals surface area contributed by atoms with Crippen LogP contribution in [-0.4, -0.2) is 25.9 Å². The average molecular weight is 327 g/mol. The van der Waals surface area contributed by atoms with Crippen molar-refractivity contribution in [3.8, 4) is 11.5 Å². The first-order valence-corrected chi connectivity index (χ1v) is 7.81. The minimum absolute atomic E-state index is 0.314. The van der Waals surface area contributed by atoms with Crippen LogP contribution in [0, 0.1) is 5.92 Å². The van der Waals surface area contributed by atoms with E-state index in [1.54, 1.807) is 0 Å². The minimum Gasteiger partial charge on any atom is -0.490 e. The summed E-state index contributed by atoms with van der Waals surface area (Å²) in [5.41, 5.74) is 1.24. The highest BCUT2D eigenvalue weighted by atomic mass is 79.9. The molecule has 3 rings (SSSR count). The fourth-order valence-electron chi connectivity index (χ4n) is 2.68. The molecule has 0 radical (unpaired) electrons. The Morgan fingerprint density at radius 2 is 2.00 bits per heavy atom. The molecule has 1 fully saturated rings. The zero-order chi connectivity index (χ0) is 13.2. The van der Waals surface area contributed by atoms with Gasteiger partial charge in [0.25, 0.3) is 0 Å². The van der Waals surface area contributed by atoms with Gasteiger partial charge in [-0.25, -0.2) is 0 Å². The minimum atomic E-state index is 0.314. The van der Waals surface area contributed by atoms with Crippen LogP contribution in [0.1, 0.15) is 30.2 Å². The van der Waals surface area contributed by atoms with Crippen LogP contribution < -0.4 is 9.47 Å². The van der Waals surface area contributed by atoms with Crippen LogP contribution in [0.3, 0.4) is 0 Å². The maximum absolute atomic E-state index is 5.75. The van der Waals surface area contributed by atoms with Gasteiger partial charge in [0.05, 0.1) is 25.9 Å². The van der Waals surface area contributed by atoms with Gasteiger partial charge in [-0.2, -0.15) is 0 Å². The molecular weight excluding hydrogens is 308 g/mol. The van der Waals surface area contributed by atoms with Gasteiger partial charge < -0.3 is 14.2 Å². The number of halogens is 1. The molecule has 0 saturated carbocycles. The molecule has 1 aromatic carbocycles. The molecule has 2 aliphatic heterocycles.